The molecule has 0 spiro atoms. The van der Waals surface area contributed by atoms with Gasteiger partial charge in [0, 0.05) is 30.6 Å². The Labute approximate surface area is 155 Å². The van der Waals surface area contributed by atoms with Crippen molar-refractivity contribution < 1.29 is 9.21 Å². The highest BCUT2D eigenvalue weighted by Crippen LogP contribution is 2.47. The predicted octanol–water partition coefficient (Wildman–Crippen LogP) is 4.11. The lowest BCUT2D eigenvalue weighted by Crippen LogP contribution is -2.44. The van der Waals surface area contributed by atoms with Crippen LogP contribution >= 0.6 is 0 Å². The van der Waals surface area contributed by atoms with Crippen LogP contribution in [0, 0.1) is 12.8 Å². The van der Waals surface area contributed by atoms with Gasteiger partial charge in [-0.05, 0) is 56.4 Å². The van der Waals surface area contributed by atoms with Crippen molar-refractivity contribution in [3.63, 3.8) is 0 Å². The van der Waals surface area contributed by atoms with Crippen molar-refractivity contribution in [2.75, 3.05) is 13.1 Å². The van der Waals surface area contributed by atoms with Crippen LogP contribution in [0.15, 0.2) is 40.8 Å². The molecule has 1 aromatic carbocycles. The van der Waals surface area contributed by atoms with Gasteiger partial charge < -0.3 is 14.6 Å². The third-order valence-corrected chi connectivity index (χ3v) is 5.80. The molecule has 1 saturated carbocycles. The molecule has 4 heteroatoms. The second-order valence-electron chi connectivity index (χ2n) is 7.94. The van der Waals surface area contributed by atoms with E-state index in [9.17, 15) is 4.79 Å². The molecular weight excluding hydrogens is 324 g/mol. The van der Waals surface area contributed by atoms with Crippen molar-refractivity contribution in [1.29, 1.82) is 0 Å². The zero-order chi connectivity index (χ0) is 18.1. The van der Waals surface area contributed by atoms with Crippen molar-refractivity contribution in [3.05, 3.63) is 59.0 Å². The number of carbonyl (C=O) groups excluding carboxylic acids is 1. The summed E-state index contributed by atoms with van der Waals surface area (Å²) in [5.74, 6) is 3.74. The fraction of sp³-hybridized carbons (Fsp3) is 0.500. The van der Waals surface area contributed by atoms with E-state index in [0.717, 1.165) is 55.5 Å². The van der Waals surface area contributed by atoms with Gasteiger partial charge in [0.1, 0.15) is 11.5 Å². The van der Waals surface area contributed by atoms with Crippen molar-refractivity contribution in [2.45, 2.75) is 51.6 Å². The van der Waals surface area contributed by atoms with Crippen LogP contribution in [-0.4, -0.2) is 29.9 Å². The van der Waals surface area contributed by atoms with E-state index in [1.165, 1.54) is 12.0 Å². The Hall–Kier alpha value is -2.07. The second kappa shape index (κ2) is 7.28. The molecule has 0 radical (unpaired) electrons. The Balaban J connectivity index is 1.24. The molecular formula is C22H28N2O2. The molecule has 1 amide bonds. The van der Waals surface area contributed by atoms with Crippen molar-refractivity contribution in [2.24, 2.45) is 5.92 Å². The largest absolute Gasteiger partial charge is 0.464 e. The monoisotopic (exact) mass is 352 g/mol. The molecule has 1 saturated heterocycles. The van der Waals surface area contributed by atoms with Crippen LogP contribution in [0.1, 0.15) is 59.5 Å². The Kier molecular flexibility index (Phi) is 4.86. The minimum Gasteiger partial charge on any atom is -0.464 e. The van der Waals surface area contributed by atoms with Gasteiger partial charge in [-0.3, -0.25) is 4.79 Å². The Morgan fingerprint density at radius 3 is 2.50 bits per heavy atom. The molecule has 2 unspecified atom stereocenters. The summed E-state index contributed by atoms with van der Waals surface area (Å²) in [4.78, 5) is 14.6. The average Bonchev–Trinajstić information content (AvgIpc) is 3.20. The van der Waals surface area contributed by atoms with Gasteiger partial charge in [0.2, 0.25) is 0 Å². The van der Waals surface area contributed by atoms with E-state index >= 15 is 0 Å². The Bertz CT molecular complexity index is 757. The number of piperidine rings is 1. The lowest BCUT2D eigenvalue weighted by molar-refractivity contribution is 0.0704. The van der Waals surface area contributed by atoms with Crippen LogP contribution in [0.2, 0.25) is 0 Å². The molecule has 138 valence electrons. The summed E-state index contributed by atoms with van der Waals surface area (Å²) in [6, 6.07) is 12.5. The summed E-state index contributed by atoms with van der Waals surface area (Å²) >= 11 is 0. The summed E-state index contributed by atoms with van der Waals surface area (Å²) in [6.07, 6.45) is 3.24. The maximum absolute atomic E-state index is 12.6. The standard InChI is InChI=1S/C22H28N2O2/c1-15-3-5-17(6-4-15)22(25)24-11-9-18(10-12-24)23-14-19-7-8-21(26-19)20-13-16(20)2/h3-8,16,18,20,23H,9-14H2,1-2H3. The van der Waals surface area contributed by atoms with Crippen molar-refractivity contribution in [1.82, 2.24) is 10.2 Å². The number of benzene rings is 1. The van der Waals surface area contributed by atoms with E-state index in [1.807, 2.05) is 36.1 Å². The average molecular weight is 352 g/mol. The van der Waals surface area contributed by atoms with E-state index in [0.29, 0.717) is 12.0 Å². The van der Waals surface area contributed by atoms with Crippen molar-refractivity contribution >= 4 is 5.91 Å². The molecule has 2 atom stereocenters. The molecule has 1 aromatic heterocycles. The number of likely N-dealkylation sites (tertiary alicyclic amines) is 1. The molecule has 1 aliphatic heterocycles. The van der Waals surface area contributed by atoms with Gasteiger partial charge in [-0.1, -0.05) is 24.6 Å². The molecule has 0 bridgehead atoms. The molecule has 2 fully saturated rings. The van der Waals surface area contributed by atoms with Crippen LogP contribution in [0.3, 0.4) is 0 Å². The maximum Gasteiger partial charge on any atom is 0.253 e. The fourth-order valence-corrected chi connectivity index (χ4v) is 3.82. The van der Waals surface area contributed by atoms with Gasteiger partial charge in [-0.2, -0.15) is 0 Å². The van der Waals surface area contributed by atoms with Crippen LogP contribution in [0.25, 0.3) is 0 Å². The highest BCUT2D eigenvalue weighted by atomic mass is 16.3. The van der Waals surface area contributed by atoms with Crippen LogP contribution in [-0.2, 0) is 6.54 Å². The van der Waals surface area contributed by atoms with E-state index in [1.54, 1.807) is 0 Å². The highest BCUT2D eigenvalue weighted by molar-refractivity contribution is 5.94. The summed E-state index contributed by atoms with van der Waals surface area (Å²) < 4.78 is 5.97. The first-order valence-electron chi connectivity index (χ1n) is 9.78. The predicted molar refractivity (Wildman–Crippen MR) is 102 cm³/mol. The number of carbonyl (C=O) groups is 1. The molecule has 2 heterocycles. The van der Waals surface area contributed by atoms with Gasteiger partial charge in [0.25, 0.3) is 5.91 Å². The number of nitrogens with one attached hydrogen (secondary N) is 1. The number of amides is 1. The SMILES string of the molecule is Cc1ccc(C(=O)N2CCC(NCc3ccc(C4CC4C)o3)CC2)cc1. The summed E-state index contributed by atoms with van der Waals surface area (Å²) in [7, 11) is 0. The third kappa shape index (κ3) is 3.85. The van der Waals surface area contributed by atoms with Crippen LogP contribution < -0.4 is 5.32 Å². The van der Waals surface area contributed by atoms with Gasteiger partial charge in [0.05, 0.1) is 6.54 Å². The zero-order valence-corrected chi connectivity index (χ0v) is 15.7. The highest BCUT2D eigenvalue weighted by Gasteiger charge is 2.36. The molecule has 1 N–H and O–H groups in total. The van der Waals surface area contributed by atoms with Crippen molar-refractivity contribution in [3.8, 4) is 0 Å². The molecule has 2 aliphatic rings. The van der Waals surface area contributed by atoms with Gasteiger partial charge >= 0.3 is 0 Å². The first-order chi connectivity index (χ1) is 12.6. The van der Waals surface area contributed by atoms with Gasteiger partial charge in [-0.15, -0.1) is 0 Å². The van der Waals surface area contributed by atoms with E-state index < -0.39 is 0 Å². The maximum atomic E-state index is 12.6. The number of rotatable bonds is 5. The minimum atomic E-state index is 0.151. The summed E-state index contributed by atoms with van der Waals surface area (Å²) in [6.45, 7) is 6.72. The van der Waals surface area contributed by atoms with Gasteiger partial charge in [0.15, 0.2) is 0 Å². The number of aryl methyl sites for hydroxylation is 1. The number of hydrogen-bond acceptors (Lipinski definition) is 3. The molecule has 26 heavy (non-hydrogen) atoms. The third-order valence-electron chi connectivity index (χ3n) is 5.80. The summed E-state index contributed by atoms with van der Waals surface area (Å²) in [5.41, 5.74) is 1.97. The normalized spacial score (nSPS) is 23.2. The zero-order valence-electron chi connectivity index (χ0n) is 15.7. The minimum absolute atomic E-state index is 0.151. The second-order valence-corrected chi connectivity index (χ2v) is 7.94. The number of furan rings is 1. The van der Waals surface area contributed by atoms with E-state index in [4.69, 9.17) is 4.42 Å². The van der Waals surface area contributed by atoms with E-state index in [-0.39, 0.29) is 5.91 Å². The first kappa shape index (κ1) is 17.3. The fourth-order valence-electron chi connectivity index (χ4n) is 3.82. The van der Waals surface area contributed by atoms with Crippen LogP contribution in [0.5, 0.6) is 0 Å². The summed E-state index contributed by atoms with van der Waals surface area (Å²) in [5, 5.41) is 3.60. The quantitative estimate of drug-likeness (QED) is 0.881. The topological polar surface area (TPSA) is 45.5 Å². The molecule has 4 nitrogen and oxygen atoms in total. The lowest BCUT2D eigenvalue weighted by Gasteiger charge is -2.32. The molecule has 1 aliphatic carbocycles. The van der Waals surface area contributed by atoms with Crippen LogP contribution in [0.4, 0.5) is 0 Å². The number of hydrogen-bond donors (Lipinski definition) is 1. The Morgan fingerprint density at radius 1 is 1.15 bits per heavy atom. The Morgan fingerprint density at radius 2 is 1.85 bits per heavy atom. The first-order valence-corrected chi connectivity index (χ1v) is 9.78. The molecule has 4 rings (SSSR count). The molecule has 2 aromatic rings. The van der Waals surface area contributed by atoms with Gasteiger partial charge in [-0.25, -0.2) is 0 Å². The van der Waals surface area contributed by atoms with E-state index in [2.05, 4.69) is 24.4 Å². The smallest absolute Gasteiger partial charge is 0.253 e. The number of nitrogens with zero attached hydrogens (tertiary/aromatic N) is 1. The lowest BCUT2D eigenvalue weighted by atomic mass is 10.0.